The molecule has 1 aromatic rings. The monoisotopic (exact) mass is 314 g/mol. The fourth-order valence-electron chi connectivity index (χ4n) is 2.40. The van der Waals surface area contributed by atoms with E-state index in [1.807, 2.05) is 24.3 Å². The van der Waals surface area contributed by atoms with Crippen molar-refractivity contribution in [2.45, 2.75) is 25.3 Å². The van der Waals surface area contributed by atoms with Gasteiger partial charge in [0.1, 0.15) is 0 Å². The van der Waals surface area contributed by atoms with E-state index < -0.39 is 6.04 Å². The van der Waals surface area contributed by atoms with Crippen LogP contribution in [0.15, 0.2) is 24.3 Å². The molecular weight excluding hydrogens is 292 g/mol. The van der Waals surface area contributed by atoms with E-state index in [9.17, 15) is 4.79 Å². The fraction of sp³-hybridized carbons (Fsp3) is 0.533. The number of hydrogen-bond donors (Lipinski definition) is 3. The van der Waals surface area contributed by atoms with Crippen LogP contribution in [0.3, 0.4) is 0 Å². The normalized spacial score (nSPS) is 16.9. The second-order valence-corrected chi connectivity index (χ2v) is 5.14. The molecule has 21 heavy (non-hydrogen) atoms. The largest absolute Gasteiger partial charge is 0.396 e. The Labute approximate surface area is 131 Å². The molecule has 4 N–H and O–H groups in total. The number of anilines is 1. The van der Waals surface area contributed by atoms with Gasteiger partial charge in [-0.25, -0.2) is 0 Å². The van der Waals surface area contributed by atoms with E-state index in [-0.39, 0.29) is 30.8 Å². The smallest absolute Gasteiger partial charge is 0.241 e. The van der Waals surface area contributed by atoms with Crippen molar-refractivity contribution in [2.24, 2.45) is 11.7 Å². The molecule has 1 aliphatic heterocycles. The third kappa shape index (κ3) is 5.28. The minimum atomic E-state index is -0.490. The summed E-state index contributed by atoms with van der Waals surface area (Å²) in [4.78, 5) is 12.1. The van der Waals surface area contributed by atoms with Gasteiger partial charge in [0.25, 0.3) is 0 Å². The van der Waals surface area contributed by atoms with Crippen molar-refractivity contribution >= 4 is 24.0 Å². The maximum absolute atomic E-state index is 12.1. The first-order chi connectivity index (χ1) is 9.70. The zero-order valence-electron chi connectivity index (χ0n) is 12.0. The topological polar surface area (TPSA) is 84.6 Å². The first-order valence-corrected chi connectivity index (χ1v) is 7.04. The zero-order chi connectivity index (χ0) is 14.4. The molecule has 1 aromatic carbocycles. The molecule has 0 aliphatic carbocycles. The second-order valence-electron chi connectivity index (χ2n) is 5.14. The van der Waals surface area contributed by atoms with Crippen molar-refractivity contribution in [1.82, 2.24) is 0 Å². The van der Waals surface area contributed by atoms with Crippen LogP contribution in [0.1, 0.15) is 18.4 Å². The van der Waals surface area contributed by atoms with Gasteiger partial charge in [-0.05, 0) is 42.9 Å². The molecule has 1 aliphatic rings. The molecule has 1 amide bonds. The van der Waals surface area contributed by atoms with Gasteiger partial charge in [0.15, 0.2) is 0 Å². The minimum Gasteiger partial charge on any atom is -0.396 e. The number of amides is 1. The van der Waals surface area contributed by atoms with Crippen LogP contribution in [0.4, 0.5) is 5.69 Å². The van der Waals surface area contributed by atoms with Crippen LogP contribution in [0, 0.1) is 5.92 Å². The number of benzene rings is 1. The van der Waals surface area contributed by atoms with Crippen molar-refractivity contribution in [3.8, 4) is 0 Å². The molecule has 1 fully saturated rings. The molecule has 1 saturated heterocycles. The third-order valence-corrected chi connectivity index (χ3v) is 3.70. The summed E-state index contributed by atoms with van der Waals surface area (Å²) in [6, 6.07) is 6.97. The number of nitrogens with one attached hydrogen (secondary N) is 1. The van der Waals surface area contributed by atoms with Crippen molar-refractivity contribution in [1.29, 1.82) is 0 Å². The summed E-state index contributed by atoms with van der Waals surface area (Å²) in [5, 5.41) is 11.7. The van der Waals surface area contributed by atoms with Gasteiger partial charge in [0.05, 0.1) is 6.04 Å². The number of rotatable bonds is 5. The molecule has 118 valence electrons. The molecule has 0 bridgehead atoms. The van der Waals surface area contributed by atoms with Crippen LogP contribution in [0.2, 0.25) is 0 Å². The van der Waals surface area contributed by atoms with Crippen molar-refractivity contribution in [2.75, 3.05) is 25.1 Å². The van der Waals surface area contributed by atoms with Gasteiger partial charge in [-0.1, -0.05) is 12.1 Å². The van der Waals surface area contributed by atoms with E-state index in [0.717, 1.165) is 24.1 Å². The van der Waals surface area contributed by atoms with Crippen molar-refractivity contribution in [3.05, 3.63) is 29.8 Å². The predicted octanol–water partition coefficient (Wildman–Crippen LogP) is 1.34. The first-order valence-electron chi connectivity index (χ1n) is 7.04. The maximum atomic E-state index is 12.1. The van der Waals surface area contributed by atoms with Crippen LogP contribution in [0.5, 0.6) is 0 Å². The minimum absolute atomic E-state index is 0. The molecule has 1 atom stereocenters. The van der Waals surface area contributed by atoms with Gasteiger partial charge in [-0.15, -0.1) is 12.4 Å². The highest BCUT2D eigenvalue weighted by molar-refractivity contribution is 5.94. The second kappa shape index (κ2) is 9.00. The molecule has 0 spiro atoms. The highest BCUT2D eigenvalue weighted by Gasteiger charge is 2.26. The van der Waals surface area contributed by atoms with E-state index >= 15 is 0 Å². The van der Waals surface area contributed by atoms with E-state index in [0.29, 0.717) is 19.6 Å². The fourth-order valence-corrected chi connectivity index (χ4v) is 2.40. The van der Waals surface area contributed by atoms with Gasteiger partial charge < -0.3 is 20.9 Å². The van der Waals surface area contributed by atoms with Crippen LogP contribution < -0.4 is 11.1 Å². The summed E-state index contributed by atoms with van der Waals surface area (Å²) in [6.45, 7) is 1.49. The summed E-state index contributed by atoms with van der Waals surface area (Å²) in [5.41, 5.74) is 7.79. The number of carbonyl (C=O) groups is 1. The lowest BCUT2D eigenvalue weighted by Crippen LogP contribution is -2.43. The lowest BCUT2D eigenvalue weighted by atomic mass is 9.92. The molecule has 1 heterocycles. The summed E-state index contributed by atoms with van der Waals surface area (Å²) in [5.74, 6) is 0.0456. The number of ether oxygens (including phenoxy) is 1. The molecule has 0 radical (unpaired) electrons. The van der Waals surface area contributed by atoms with Crippen LogP contribution in [0.25, 0.3) is 0 Å². The Bertz CT molecular complexity index is 433. The zero-order valence-corrected chi connectivity index (χ0v) is 12.8. The Kier molecular flexibility index (Phi) is 7.67. The van der Waals surface area contributed by atoms with Crippen molar-refractivity contribution < 1.29 is 14.6 Å². The summed E-state index contributed by atoms with van der Waals surface area (Å²) >= 11 is 0. The van der Waals surface area contributed by atoms with Gasteiger partial charge in [-0.2, -0.15) is 0 Å². The molecule has 1 unspecified atom stereocenters. The van der Waals surface area contributed by atoms with Gasteiger partial charge in [0.2, 0.25) is 5.91 Å². The lowest BCUT2D eigenvalue weighted by Gasteiger charge is -2.26. The number of aliphatic hydroxyl groups excluding tert-OH is 1. The third-order valence-electron chi connectivity index (χ3n) is 3.70. The molecule has 0 saturated carbocycles. The number of carbonyl (C=O) groups excluding carboxylic acids is 1. The standard InChI is InChI=1S/C15H22N2O3.ClH/c16-14(12-6-9-20-10-7-12)15(19)17-13-3-1-11(2-4-13)5-8-18;/h1-4,12,14,18H,5-10,16H2,(H,17,19);1H. The Morgan fingerprint density at radius 1 is 1.33 bits per heavy atom. The quantitative estimate of drug-likeness (QED) is 0.765. The van der Waals surface area contributed by atoms with E-state index in [1.54, 1.807) is 0 Å². The summed E-state index contributed by atoms with van der Waals surface area (Å²) < 4.78 is 5.28. The Morgan fingerprint density at radius 3 is 2.52 bits per heavy atom. The highest BCUT2D eigenvalue weighted by Crippen LogP contribution is 2.19. The van der Waals surface area contributed by atoms with Crippen LogP contribution >= 0.6 is 12.4 Å². The lowest BCUT2D eigenvalue weighted by molar-refractivity contribution is -0.119. The average molecular weight is 315 g/mol. The molecule has 6 heteroatoms. The SMILES string of the molecule is Cl.NC(C(=O)Nc1ccc(CCO)cc1)C1CCOCC1. The van der Waals surface area contributed by atoms with Crippen LogP contribution in [-0.2, 0) is 16.0 Å². The Morgan fingerprint density at radius 2 is 1.95 bits per heavy atom. The maximum Gasteiger partial charge on any atom is 0.241 e. The highest BCUT2D eigenvalue weighted by atomic mass is 35.5. The Hall–Kier alpha value is -1.14. The molecule has 5 nitrogen and oxygen atoms in total. The number of nitrogens with two attached hydrogens (primary N) is 1. The molecule has 0 aromatic heterocycles. The Balaban J connectivity index is 0.00000220. The number of halogens is 1. The van der Waals surface area contributed by atoms with Gasteiger partial charge >= 0.3 is 0 Å². The average Bonchev–Trinajstić information content (AvgIpc) is 2.49. The number of aliphatic hydroxyl groups is 1. The first kappa shape index (κ1) is 17.9. The summed E-state index contributed by atoms with van der Waals surface area (Å²) in [7, 11) is 0. The molecule has 2 rings (SSSR count). The van der Waals surface area contributed by atoms with E-state index in [1.165, 1.54) is 0 Å². The van der Waals surface area contributed by atoms with E-state index in [4.69, 9.17) is 15.6 Å². The van der Waals surface area contributed by atoms with Gasteiger partial charge in [-0.3, -0.25) is 4.79 Å². The van der Waals surface area contributed by atoms with Gasteiger partial charge in [0, 0.05) is 25.5 Å². The predicted molar refractivity (Wildman–Crippen MR) is 84.6 cm³/mol. The van der Waals surface area contributed by atoms with Crippen LogP contribution in [-0.4, -0.2) is 36.9 Å². The molecular formula is C15H23ClN2O3. The number of hydrogen-bond acceptors (Lipinski definition) is 4. The van der Waals surface area contributed by atoms with Crippen molar-refractivity contribution in [3.63, 3.8) is 0 Å². The van der Waals surface area contributed by atoms with E-state index in [2.05, 4.69) is 5.32 Å². The summed E-state index contributed by atoms with van der Waals surface area (Å²) in [6.07, 6.45) is 2.30.